The van der Waals surface area contributed by atoms with E-state index in [-0.39, 0.29) is 5.41 Å². The van der Waals surface area contributed by atoms with Crippen LogP contribution in [0.25, 0.3) is 11.0 Å². The van der Waals surface area contributed by atoms with Gasteiger partial charge in [0.05, 0.1) is 6.26 Å². The van der Waals surface area contributed by atoms with Gasteiger partial charge >= 0.3 is 0 Å². The van der Waals surface area contributed by atoms with Crippen molar-refractivity contribution >= 4 is 11.0 Å². The number of fused-ring (bicyclic) bond motifs is 1. The summed E-state index contributed by atoms with van der Waals surface area (Å²) < 4.78 is 5.48. The van der Waals surface area contributed by atoms with Crippen molar-refractivity contribution in [2.75, 3.05) is 6.54 Å². The molecule has 0 atom stereocenters. The summed E-state index contributed by atoms with van der Waals surface area (Å²) in [6, 6.07) is 8.16. The Kier molecular flexibility index (Phi) is 2.08. The Morgan fingerprint density at radius 1 is 1.29 bits per heavy atom. The summed E-state index contributed by atoms with van der Waals surface area (Å²) in [7, 11) is 0. The van der Waals surface area contributed by atoms with Crippen molar-refractivity contribution < 1.29 is 4.42 Å². The van der Waals surface area contributed by atoms with Crippen molar-refractivity contribution in [3.8, 4) is 0 Å². The molecule has 0 bridgehead atoms. The summed E-state index contributed by atoms with van der Waals surface area (Å²) in [6.45, 7) is 4.88. The van der Waals surface area contributed by atoms with Crippen molar-refractivity contribution in [1.29, 1.82) is 0 Å². The molecule has 1 heterocycles. The third-order valence-electron chi connectivity index (χ3n) is 2.72. The molecule has 0 aliphatic heterocycles. The molecule has 0 saturated heterocycles. The molecule has 2 aromatic rings. The summed E-state index contributed by atoms with van der Waals surface area (Å²) in [6.07, 6.45) is 1.72. The molecule has 0 spiro atoms. The van der Waals surface area contributed by atoms with Gasteiger partial charge in [-0.15, -0.1) is 0 Å². The van der Waals surface area contributed by atoms with Gasteiger partial charge < -0.3 is 10.2 Å². The first-order chi connectivity index (χ1) is 6.65. The van der Waals surface area contributed by atoms with Gasteiger partial charge in [0.15, 0.2) is 0 Å². The standard InChI is InChI=1S/C12H15NO/c1-12(2,8-13)10-5-3-4-9-6-7-14-11(9)10/h3-7H,8,13H2,1-2H3. The molecule has 0 amide bonds. The quantitative estimate of drug-likeness (QED) is 0.788. The van der Waals surface area contributed by atoms with Crippen LogP contribution in [-0.2, 0) is 5.41 Å². The highest BCUT2D eigenvalue weighted by Crippen LogP contribution is 2.29. The number of benzene rings is 1. The lowest BCUT2D eigenvalue weighted by Gasteiger charge is -2.22. The Hall–Kier alpha value is -1.28. The minimum absolute atomic E-state index is 0.0304. The Labute approximate surface area is 83.7 Å². The van der Waals surface area contributed by atoms with Crippen LogP contribution in [0.3, 0.4) is 0 Å². The molecule has 0 radical (unpaired) electrons. The second-order valence-electron chi connectivity index (χ2n) is 4.23. The number of hydrogen-bond donors (Lipinski definition) is 1. The third-order valence-corrected chi connectivity index (χ3v) is 2.72. The van der Waals surface area contributed by atoms with Gasteiger partial charge in [-0.3, -0.25) is 0 Å². The summed E-state index contributed by atoms with van der Waals surface area (Å²) in [5, 5.41) is 1.14. The fraction of sp³-hybridized carbons (Fsp3) is 0.333. The van der Waals surface area contributed by atoms with E-state index in [0.29, 0.717) is 6.54 Å². The first kappa shape index (κ1) is 9.28. The van der Waals surface area contributed by atoms with E-state index in [2.05, 4.69) is 26.0 Å². The van der Waals surface area contributed by atoms with Gasteiger partial charge in [-0.1, -0.05) is 32.0 Å². The topological polar surface area (TPSA) is 39.2 Å². The molecule has 2 nitrogen and oxygen atoms in total. The maximum atomic E-state index is 5.76. The minimum atomic E-state index is -0.0304. The first-order valence-corrected chi connectivity index (χ1v) is 4.82. The van der Waals surface area contributed by atoms with E-state index < -0.39 is 0 Å². The van der Waals surface area contributed by atoms with E-state index in [1.54, 1.807) is 6.26 Å². The van der Waals surface area contributed by atoms with Gasteiger partial charge in [-0.2, -0.15) is 0 Å². The molecular weight excluding hydrogens is 174 g/mol. The second kappa shape index (κ2) is 3.14. The second-order valence-corrected chi connectivity index (χ2v) is 4.23. The lowest BCUT2D eigenvalue weighted by molar-refractivity contribution is 0.524. The monoisotopic (exact) mass is 189 g/mol. The van der Waals surface area contributed by atoms with Crippen LogP contribution < -0.4 is 5.73 Å². The zero-order valence-corrected chi connectivity index (χ0v) is 8.58. The zero-order valence-electron chi connectivity index (χ0n) is 8.58. The molecular formula is C12H15NO. The average Bonchev–Trinajstić information content (AvgIpc) is 2.64. The molecule has 0 saturated carbocycles. The van der Waals surface area contributed by atoms with Crippen LogP contribution in [0.1, 0.15) is 19.4 Å². The molecule has 2 rings (SSSR count). The van der Waals surface area contributed by atoms with Gasteiger partial charge in [-0.25, -0.2) is 0 Å². The van der Waals surface area contributed by atoms with Crippen molar-refractivity contribution in [2.45, 2.75) is 19.3 Å². The highest BCUT2D eigenvalue weighted by molar-refractivity contribution is 5.81. The smallest absolute Gasteiger partial charge is 0.137 e. The molecule has 74 valence electrons. The van der Waals surface area contributed by atoms with Crippen LogP contribution >= 0.6 is 0 Å². The Morgan fingerprint density at radius 3 is 2.79 bits per heavy atom. The fourth-order valence-corrected chi connectivity index (χ4v) is 1.64. The molecule has 2 N–H and O–H groups in total. The number of furan rings is 1. The van der Waals surface area contributed by atoms with Crippen molar-refractivity contribution in [3.05, 3.63) is 36.1 Å². The van der Waals surface area contributed by atoms with E-state index in [1.807, 2.05) is 12.1 Å². The van der Waals surface area contributed by atoms with Gasteiger partial charge in [0.2, 0.25) is 0 Å². The fourth-order valence-electron chi connectivity index (χ4n) is 1.64. The third kappa shape index (κ3) is 1.32. The zero-order chi connectivity index (χ0) is 10.2. The molecule has 1 aromatic carbocycles. The molecule has 1 aromatic heterocycles. The number of hydrogen-bond acceptors (Lipinski definition) is 2. The van der Waals surface area contributed by atoms with E-state index in [9.17, 15) is 0 Å². The van der Waals surface area contributed by atoms with Crippen LogP contribution in [0, 0.1) is 0 Å². The number of nitrogens with two attached hydrogens (primary N) is 1. The Morgan fingerprint density at radius 2 is 2.07 bits per heavy atom. The van der Waals surface area contributed by atoms with Crippen LogP contribution in [0.2, 0.25) is 0 Å². The minimum Gasteiger partial charge on any atom is -0.464 e. The number of rotatable bonds is 2. The molecule has 0 aliphatic rings. The van der Waals surface area contributed by atoms with Crippen LogP contribution in [0.15, 0.2) is 34.9 Å². The Bertz CT molecular complexity index is 442. The average molecular weight is 189 g/mol. The molecule has 0 unspecified atom stereocenters. The van der Waals surface area contributed by atoms with Crippen LogP contribution in [0.4, 0.5) is 0 Å². The maximum absolute atomic E-state index is 5.76. The van der Waals surface area contributed by atoms with Gasteiger partial charge in [-0.05, 0) is 6.07 Å². The highest BCUT2D eigenvalue weighted by Gasteiger charge is 2.22. The molecule has 0 fully saturated rings. The first-order valence-electron chi connectivity index (χ1n) is 4.82. The molecule has 2 heteroatoms. The predicted molar refractivity (Wildman–Crippen MR) is 58.3 cm³/mol. The SMILES string of the molecule is CC(C)(CN)c1cccc2ccoc12. The van der Waals surface area contributed by atoms with Gasteiger partial charge in [0.25, 0.3) is 0 Å². The van der Waals surface area contributed by atoms with Gasteiger partial charge in [0.1, 0.15) is 5.58 Å². The highest BCUT2D eigenvalue weighted by atomic mass is 16.3. The lowest BCUT2D eigenvalue weighted by atomic mass is 9.84. The molecule has 14 heavy (non-hydrogen) atoms. The maximum Gasteiger partial charge on any atom is 0.137 e. The largest absolute Gasteiger partial charge is 0.464 e. The predicted octanol–water partition coefficient (Wildman–Crippen LogP) is 2.67. The number of para-hydroxylation sites is 1. The van der Waals surface area contributed by atoms with Crippen LogP contribution in [-0.4, -0.2) is 6.54 Å². The van der Waals surface area contributed by atoms with Crippen molar-refractivity contribution in [2.24, 2.45) is 5.73 Å². The van der Waals surface area contributed by atoms with E-state index in [0.717, 1.165) is 11.0 Å². The van der Waals surface area contributed by atoms with Crippen molar-refractivity contribution in [3.63, 3.8) is 0 Å². The summed E-state index contributed by atoms with van der Waals surface area (Å²) in [5.74, 6) is 0. The van der Waals surface area contributed by atoms with E-state index >= 15 is 0 Å². The molecule has 0 aliphatic carbocycles. The summed E-state index contributed by atoms with van der Waals surface area (Å²) in [4.78, 5) is 0. The van der Waals surface area contributed by atoms with E-state index in [1.165, 1.54) is 5.56 Å². The summed E-state index contributed by atoms with van der Waals surface area (Å²) >= 11 is 0. The van der Waals surface area contributed by atoms with Crippen molar-refractivity contribution in [1.82, 2.24) is 0 Å². The van der Waals surface area contributed by atoms with E-state index in [4.69, 9.17) is 10.2 Å². The normalized spacial score (nSPS) is 12.2. The Balaban J connectivity index is 2.67. The van der Waals surface area contributed by atoms with Crippen LogP contribution in [0.5, 0.6) is 0 Å². The van der Waals surface area contributed by atoms with Gasteiger partial charge in [0, 0.05) is 22.9 Å². The summed E-state index contributed by atoms with van der Waals surface area (Å²) in [5.41, 5.74) is 7.87. The lowest BCUT2D eigenvalue weighted by Crippen LogP contribution is -2.28.